The minimum atomic E-state index is 0.381. The molecule has 17 heavy (non-hydrogen) atoms. The third-order valence-corrected chi connectivity index (χ3v) is 4.06. The van der Waals surface area contributed by atoms with Crippen LogP contribution in [0.25, 0.3) is 0 Å². The summed E-state index contributed by atoms with van der Waals surface area (Å²) in [7, 11) is 2.12. The molecule has 5 heteroatoms. The second-order valence-electron chi connectivity index (χ2n) is 4.61. The molecule has 2 rings (SSSR count). The summed E-state index contributed by atoms with van der Waals surface area (Å²) in [6.45, 7) is 3.21. The van der Waals surface area contributed by atoms with E-state index in [0.29, 0.717) is 27.2 Å². The third-order valence-electron chi connectivity index (χ3n) is 3.24. The van der Waals surface area contributed by atoms with Crippen molar-refractivity contribution in [2.24, 2.45) is 0 Å². The Labute approximate surface area is 117 Å². The number of halogens is 3. The van der Waals surface area contributed by atoms with Gasteiger partial charge in [-0.15, -0.1) is 0 Å². The maximum Gasteiger partial charge on any atom is 0.0722 e. The topological polar surface area (TPSA) is 15.3 Å². The van der Waals surface area contributed by atoms with Crippen LogP contribution in [-0.2, 0) is 0 Å². The number of hydrogen-bond donors (Lipinski definition) is 1. The molecule has 0 amide bonds. The first kappa shape index (κ1) is 13.3. The molecule has 0 aliphatic carbocycles. The quantitative estimate of drug-likeness (QED) is 0.881. The molecule has 1 saturated heterocycles. The van der Waals surface area contributed by atoms with E-state index in [0.717, 1.165) is 18.7 Å². The molecule has 1 aliphatic rings. The van der Waals surface area contributed by atoms with Crippen LogP contribution in [-0.4, -0.2) is 30.6 Å². The van der Waals surface area contributed by atoms with E-state index >= 15 is 0 Å². The lowest BCUT2D eigenvalue weighted by molar-refractivity contribution is 0.330. The Morgan fingerprint density at radius 2 is 1.82 bits per heavy atom. The van der Waals surface area contributed by atoms with Crippen LogP contribution in [0, 0.1) is 0 Å². The summed E-state index contributed by atoms with van der Waals surface area (Å²) in [4.78, 5) is 2.31. The molecule has 1 heterocycles. The summed E-state index contributed by atoms with van der Waals surface area (Å²) in [6.07, 6.45) is 1.09. The first-order valence-corrected chi connectivity index (χ1v) is 6.72. The monoisotopic (exact) mass is 292 g/mol. The minimum absolute atomic E-state index is 0.381. The predicted molar refractivity (Wildman–Crippen MR) is 75.6 cm³/mol. The van der Waals surface area contributed by atoms with Gasteiger partial charge in [0, 0.05) is 23.7 Å². The molecule has 94 valence electrons. The van der Waals surface area contributed by atoms with Gasteiger partial charge in [0.2, 0.25) is 0 Å². The smallest absolute Gasteiger partial charge is 0.0722 e. The molecule has 2 nitrogen and oxygen atoms in total. The summed E-state index contributed by atoms with van der Waals surface area (Å²) < 4.78 is 0. The molecule has 0 aromatic heterocycles. The van der Waals surface area contributed by atoms with Crippen LogP contribution >= 0.6 is 34.8 Å². The van der Waals surface area contributed by atoms with Crippen LogP contribution in [0.5, 0.6) is 0 Å². The van der Waals surface area contributed by atoms with Gasteiger partial charge in [0.25, 0.3) is 0 Å². The standard InChI is InChI=1S/C12H15Cl3N2/c1-7-3-9(6-17(7)2)16-12-10(14)4-8(13)5-11(12)15/h4-5,7,9,16H,3,6H2,1-2H3. The van der Waals surface area contributed by atoms with Crippen molar-refractivity contribution in [2.45, 2.75) is 25.4 Å². The van der Waals surface area contributed by atoms with Gasteiger partial charge in [-0.25, -0.2) is 0 Å². The highest BCUT2D eigenvalue weighted by atomic mass is 35.5. The number of rotatable bonds is 2. The Bertz CT molecular complexity index is 389. The second kappa shape index (κ2) is 5.23. The van der Waals surface area contributed by atoms with E-state index in [2.05, 4.69) is 24.2 Å². The normalized spacial score (nSPS) is 25.2. The van der Waals surface area contributed by atoms with E-state index in [-0.39, 0.29) is 0 Å². The van der Waals surface area contributed by atoms with Crippen LogP contribution < -0.4 is 5.32 Å². The molecule has 0 radical (unpaired) electrons. The highest BCUT2D eigenvalue weighted by Gasteiger charge is 2.26. The lowest BCUT2D eigenvalue weighted by Crippen LogP contribution is -2.25. The van der Waals surface area contributed by atoms with Gasteiger partial charge in [0.05, 0.1) is 15.7 Å². The van der Waals surface area contributed by atoms with E-state index in [9.17, 15) is 0 Å². The number of hydrogen-bond acceptors (Lipinski definition) is 2. The third kappa shape index (κ3) is 3.00. The molecular weight excluding hydrogens is 279 g/mol. The Hall–Kier alpha value is -0.150. The average molecular weight is 294 g/mol. The van der Waals surface area contributed by atoms with E-state index in [1.165, 1.54) is 0 Å². The van der Waals surface area contributed by atoms with Crippen LogP contribution in [0.4, 0.5) is 5.69 Å². The fourth-order valence-electron chi connectivity index (χ4n) is 2.18. The fourth-order valence-corrected chi connectivity index (χ4v) is 3.11. The Kier molecular flexibility index (Phi) is 4.09. The molecule has 2 unspecified atom stereocenters. The summed E-state index contributed by atoms with van der Waals surface area (Å²) in [6, 6.07) is 4.38. The molecule has 1 fully saturated rings. The molecule has 0 saturated carbocycles. The first-order chi connectivity index (χ1) is 7.97. The zero-order valence-corrected chi connectivity index (χ0v) is 12.1. The van der Waals surface area contributed by atoms with Gasteiger partial charge in [-0.2, -0.15) is 0 Å². The van der Waals surface area contributed by atoms with Gasteiger partial charge in [0.15, 0.2) is 0 Å². The molecular formula is C12H15Cl3N2. The number of benzene rings is 1. The van der Waals surface area contributed by atoms with E-state index < -0.39 is 0 Å². The molecule has 2 atom stereocenters. The Balaban J connectivity index is 2.14. The van der Waals surface area contributed by atoms with Gasteiger partial charge >= 0.3 is 0 Å². The number of anilines is 1. The molecule has 1 aromatic rings. The van der Waals surface area contributed by atoms with Crippen molar-refractivity contribution in [3.8, 4) is 0 Å². The second-order valence-corrected chi connectivity index (χ2v) is 5.86. The van der Waals surface area contributed by atoms with Crippen molar-refractivity contribution in [3.63, 3.8) is 0 Å². The highest BCUT2D eigenvalue weighted by molar-refractivity contribution is 6.41. The summed E-state index contributed by atoms with van der Waals surface area (Å²) in [5, 5.41) is 5.11. The summed E-state index contributed by atoms with van der Waals surface area (Å²) in [5.41, 5.74) is 0.783. The SMILES string of the molecule is CC1CC(Nc2c(Cl)cc(Cl)cc2Cl)CN1C. The lowest BCUT2D eigenvalue weighted by atomic mass is 10.2. The average Bonchev–Trinajstić information content (AvgIpc) is 2.52. The van der Waals surface area contributed by atoms with E-state index in [1.54, 1.807) is 12.1 Å². The van der Waals surface area contributed by atoms with E-state index in [4.69, 9.17) is 34.8 Å². The summed E-state index contributed by atoms with van der Waals surface area (Å²) >= 11 is 18.2. The molecule has 1 aromatic carbocycles. The van der Waals surface area contributed by atoms with Crippen LogP contribution in [0.2, 0.25) is 15.1 Å². The highest BCUT2D eigenvalue weighted by Crippen LogP contribution is 2.35. The maximum absolute atomic E-state index is 6.14. The molecule has 0 bridgehead atoms. The Morgan fingerprint density at radius 1 is 1.24 bits per heavy atom. The van der Waals surface area contributed by atoms with Crippen LogP contribution in [0.15, 0.2) is 12.1 Å². The fraction of sp³-hybridized carbons (Fsp3) is 0.500. The van der Waals surface area contributed by atoms with Crippen LogP contribution in [0.1, 0.15) is 13.3 Å². The number of likely N-dealkylation sites (tertiary alicyclic amines) is 1. The minimum Gasteiger partial charge on any atom is -0.379 e. The van der Waals surface area contributed by atoms with Crippen molar-refractivity contribution < 1.29 is 0 Å². The van der Waals surface area contributed by atoms with Crippen molar-refractivity contribution in [1.29, 1.82) is 0 Å². The maximum atomic E-state index is 6.14. The number of nitrogens with zero attached hydrogens (tertiary/aromatic N) is 1. The van der Waals surface area contributed by atoms with Gasteiger partial charge in [-0.3, -0.25) is 0 Å². The van der Waals surface area contributed by atoms with Gasteiger partial charge in [-0.1, -0.05) is 34.8 Å². The zero-order valence-electron chi connectivity index (χ0n) is 9.80. The van der Waals surface area contributed by atoms with Gasteiger partial charge in [0.1, 0.15) is 0 Å². The van der Waals surface area contributed by atoms with Crippen LogP contribution in [0.3, 0.4) is 0 Å². The number of likely N-dealkylation sites (N-methyl/N-ethyl adjacent to an activating group) is 1. The largest absolute Gasteiger partial charge is 0.379 e. The van der Waals surface area contributed by atoms with Crippen molar-refractivity contribution in [3.05, 3.63) is 27.2 Å². The van der Waals surface area contributed by atoms with Gasteiger partial charge in [-0.05, 0) is 32.5 Å². The Morgan fingerprint density at radius 3 is 2.29 bits per heavy atom. The lowest BCUT2D eigenvalue weighted by Gasteiger charge is -2.16. The van der Waals surface area contributed by atoms with Gasteiger partial charge < -0.3 is 10.2 Å². The van der Waals surface area contributed by atoms with Crippen molar-refractivity contribution >= 4 is 40.5 Å². The predicted octanol–water partition coefficient (Wildman–Crippen LogP) is 4.15. The zero-order chi connectivity index (χ0) is 12.6. The molecule has 0 spiro atoms. The first-order valence-electron chi connectivity index (χ1n) is 5.58. The van der Waals surface area contributed by atoms with E-state index in [1.807, 2.05) is 0 Å². The molecule has 1 aliphatic heterocycles. The number of nitrogens with one attached hydrogen (secondary N) is 1. The van der Waals surface area contributed by atoms with Crippen molar-refractivity contribution in [2.75, 3.05) is 18.9 Å². The summed E-state index contributed by atoms with van der Waals surface area (Å²) in [5.74, 6) is 0. The van der Waals surface area contributed by atoms with Crippen molar-refractivity contribution in [1.82, 2.24) is 4.90 Å². The molecule has 1 N–H and O–H groups in total.